The first-order valence-corrected chi connectivity index (χ1v) is 6.54. The van der Waals surface area contributed by atoms with Crippen LogP contribution in [-0.2, 0) is 19.0 Å². The van der Waals surface area contributed by atoms with Crippen molar-refractivity contribution < 1.29 is 19.0 Å². The number of hydrogen-bond donors (Lipinski definition) is 0. The van der Waals surface area contributed by atoms with Gasteiger partial charge in [-0.2, -0.15) is 0 Å². The molecule has 4 nitrogen and oxygen atoms in total. The summed E-state index contributed by atoms with van der Waals surface area (Å²) in [4.78, 5) is 12.2. The second-order valence-electron chi connectivity index (χ2n) is 5.48. The van der Waals surface area contributed by atoms with Crippen LogP contribution >= 0.6 is 0 Å². The summed E-state index contributed by atoms with van der Waals surface area (Å²) < 4.78 is 16.5. The van der Waals surface area contributed by atoms with Gasteiger partial charge in [0.15, 0.2) is 6.10 Å². The van der Waals surface area contributed by atoms with Crippen molar-refractivity contribution in [2.24, 2.45) is 11.8 Å². The number of allylic oxidation sites excluding steroid dienone is 1. The molecule has 1 unspecified atom stereocenters. The van der Waals surface area contributed by atoms with Crippen molar-refractivity contribution in [3.05, 3.63) is 11.5 Å². The fourth-order valence-electron chi connectivity index (χ4n) is 1.52. The molecule has 0 bridgehead atoms. The van der Waals surface area contributed by atoms with E-state index >= 15 is 0 Å². The van der Waals surface area contributed by atoms with E-state index in [1.807, 2.05) is 27.7 Å². The van der Waals surface area contributed by atoms with Gasteiger partial charge in [0.1, 0.15) is 12.4 Å². The molecule has 4 heteroatoms. The number of ether oxygens (including phenoxy) is 3. The Morgan fingerprint density at radius 2 is 1.83 bits per heavy atom. The maximum Gasteiger partial charge on any atom is 0.233 e. The van der Waals surface area contributed by atoms with E-state index in [1.165, 1.54) is 0 Å². The lowest BCUT2D eigenvalue weighted by atomic mass is 10.1. The Morgan fingerprint density at radius 1 is 1.22 bits per heavy atom. The molecule has 0 saturated carbocycles. The minimum Gasteiger partial charge on any atom is -0.491 e. The van der Waals surface area contributed by atoms with Gasteiger partial charge in [-0.3, -0.25) is 4.79 Å². The highest BCUT2D eigenvalue weighted by atomic mass is 16.6. The van der Waals surface area contributed by atoms with Gasteiger partial charge >= 0.3 is 0 Å². The molecule has 0 N–H and O–H groups in total. The molecule has 0 aromatic heterocycles. The standard InChI is InChI=1S/C14H24O4/c1-9(2)6-17-12-8-16-11(5)14(13(12)15)18-7-10(3)4/h9-10,12H,6-8H2,1-5H3. The van der Waals surface area contributed by atoms with Gasteiger partial charge in [0.05, 0.1) is 13.2 Å². The second kappa shape index (κ2) is 6.78. The number of hydrogen-bond acceptors (Lipinski definition) is 4. The van der Waals surface area contributed by atoms with E-state index in [9.17, 15) is 4.79 Å². The molecular formula is C14H24O4. The van der Waals surface area contributed by atoms with Gasteiger partial charge in [0.2, 0.25) is 11.5 Å². The molecule has 1 aliphatic rings. The summed E-state index contributed by atoms with van der Waals surface area (Å²) in [6.45, 7) is 11.3. The molecule has 0 fully saturated rings. The van der Waals surface area contributed by atoms with Gasteiger partial charge in [-0.15, -0.1) is 0 Å². The van der Waals surface area contributed by atoms with Gasteiger partial charge < -0.3 is 14.2 Å². The van der Waals surface area contributed by atoms with E-state index in [-0.39, 0.29) is 12.4 Å². The van der Waals surface area contributed by atoms with Crippen LogP contribution in [0.1, 0.15) is 34.6 Å². The lowest BCUT2D eigenvalue weighted by Crippen LogP contribution is -2.37. The van der Waals surface area contributed by atoms with Gasteiger partial charge in [-0.1, -0.05) is 27.7 Å². The predicted octanol–water partition coefficient (Wildman–Crippen LogP) is 2.53. The molecule has 0 aliphatic carbocycles. The molecule has 1 aliphatic heterocycles. The first kappa shape index (κ1) is 15.0. The summed E-state index contributed by atoms with van der Waals surface area (Å²) in [7, 11) is 0. The van der Waals surface area contributed by atoms with E-state index < -0.39 is 6.10 Å². The molecule has 104 valence electrons. The van der Waals surface area contributed by atoms with Crippen LogP contribution in [0.25, 0.3) is 0 Å². The molecule has 0 aromatic carbocycles. The van der Waals surface area contributed by atoms with Crippen molar-refractivity contribution in [3.8, 4) is 0 Å². The molecular weight excluding hydrogens is 232 g/mol. The quantitative estimate of drug-likeness (QED) is 0.732. The Hall–Kier alpha value is -1.03. The van der Waals surface area contributed by atoms with Crippen LogP contribution in [0.4, 0.5) is 0 Å². The fourth-order valence-corrected chi connectivity index (χ4v) is 1.52. The van der Waals surface area contributed by atoms with Crippen molar-refractivity contribution in [2.45, 2.75) is 40.7 Å². The second-order valence-corrected chi connectivity index (χ2v) is 5.48. The minimum absolute atomic E-state index is 0.0972. The highest BCUT2D eigenvalue weighted by Gasteiger charge is 2.32. The number of carbonyl (C=O) groups is 1. The van der Waals surface area contributed by atoms with E-state index in [4.69, 9.17) is 14.2 Å². The zero-order valence-electron chi connectivity index (χ0n) is 12.0. The monoisotopic (exact) mass is 256 g/mol. The lowest BCUT2D eigenvalue weighted by Gasteiger charge is -2.26. The van der Waals surface area contributed by atoms with Gasteiger partial charge in [0, 0.05) is 0 Å². The van der Waals surface area contributed by atoms with Crippen LogP contribution < -0.4 is 0 Å². The van der Waals surface area contributed by atoms with E-state index in [1.54, 1.807) is 6.92 Å². The maximum atomic E-state index is 12.2. The largest absolute Gasteiger partial charge is 0.491 e. The zero-order chi connectivity index (χ0) is 13.7. The highest BCUT2D eigenvalue weighted by Crippen LogP contribution is 2.20. The third kappa shape index (κ3) is 4.33. The summed E-state index contributed by atoms with van der Waals surface area (Å²) in [5.74, 6) is 1.55. The van der Waals surface area contributed by atoms with Crippen LogP contribution in [-0.4, -0.2) is 31.7 Å². The Kier molecular flexibility index (Phi) is 5.66. The molecule has 0 radical (unpaired) electrons. The van der Waals surface area contributed by atoms with Gasteiger partial charge in [-0.25, -0.2) is 0 Å². The first-order chi connectivity index (χ1) is 8.41. The maximum absolute atomic E-state index is 12.2. The number of ketones is 1. The van der Waals surface area contributed by atoms with Crippen LogP contribution in [0, 0.1) is 11.8 Å². The molecule has 0 spiro atoms. The third-order valence-electron chi connectivity index (χ3n) is 2.48. The van der Waals surface area contributed by atoms with Crippen molar-refractivity contribution in [1.29, 1.82) is 0 Å². The van der Waals surface area contributed by atoms with E-state index in [0.29, 0.717) is 36.6 Å². The minimum atomic E-state index is -0.529. The van der Waals surface area contributed by atoms with E-state index in [2.05, 4.69) is 0 Å². The molecule has 1 atom stereocenters. The number of carbonyl (C=O) groups excluding carboxylic acids is 1. The summed E-state index contributed by atoms with van der Waals surface area (Å²) in [6, 6.07) is 0. The SMILES string of the molecule is CC1=C(OCC(C)C)C(=O)C(OCC(C)C)CO1. The van der Waals surface area contributed by atoms with Crippen LogP contribution in [0.3, 0.4) is 0 Å². The molecule has 0 aromatic rings. The normalized spacial score (nSPS) is 20.6. The summed E-state index contributed by atoms with van der Waals surface area (Å²) in [6.07, 6.45) is -0.529. The van der Waals surface area contributed by atoms with Crippen molar-refractivity contribution in [2.75, 3.05) is 19.8 Å². The first-order valence-electron chi connectivity index (χ1n) is 6.54. The number of Topliss-reactive ketones (excluding diaryl/α,β-unsaturated/α-hetero) is 1. The Balaban J connectivity index is 2.61. The lowest BCUT2D eigenvalue weighted by molar-refractivity contribution is -0.138. The smallest absolute Gasteiger partial charge is 0.233 e. The summed E-state index contributed by atoms with van der Waals surface area (Å²) in [5, 5.41) is 0. The molecule has 0 saturated heterocycles. The van der Waals surface area contributed by atoms with Gasteiger partial charge in [0.25, 0.3) is 0 Å². The Bertz CT molecular complexity index is 318. The Morgan fingerprint density at radius 3 is 2.39 bits per heavy atom. The Labute approximate surface area is 109 Å². The van der Waals surface area contributed by atoms with Crippen molar-refractivity contribution in [1.82, 2.24) is 0 Å². The number of rotatable bonds is 6. The van der Waals surface area contributed by atoms with E-state index in [0.717, 1.165) is 0 Å². The fraction of sp³-hybridized carbons (Fsp3) is 0.786. The molecule has 1 rings (SSSR count). The van der Waals surface area contributed by atoms with Crippen LogP contribution in [0.15, 0.2) is 11.5 Å². The molecule has 1 heterocycles. The highest BCUT2D eigenvalue weighted by molar-refractivity contribution is 5.98. The summed E-state index contributed by atoms with van der Waals surface area (Å²) >= 11 is 0. The molecule has 18 heavy (non-hydrogen) atoms. The topological polar surface area (TPSA) is 44.8 Å². The summed E-state index contributed by atoms with van der Waals surface area (Å²) in [5.41, 5.74) is 0. The predicted molar refractivity (Wildman–Crippen MR) is 69.0 cm³/mol. The van der Waals surface area contributed by atoms with Crippen LogP contribution in [0.5, 0.6) is 0 Å². The molecule has 0 amide bonds. The average molecular weight is 256 g/mol. The van der Waals surface area contributed by atoms with Crippen molar-refractivity contribution in [3.63, 3.8) is 0 Å². The third-order valence-corrected chi connectivity index (χ3v) is 2.48. The van der Waals surface area contributed by atoms with Crippen molar-refractivity contribution >= 4 is 5.78 Å². The zero-order valence-corrected chi connectivity index (χ0v) is 12.0. The average Bonchev–Trinajstić information content (AvgIpc) is 2.27. The van der Waals surface area contributed by atoms with Crippen LogP contribution in [0.2, 0.25) is 0 Å². The van der Waals surface area contributed by atoms with Gasteiger partial charge in [-0.05, 0) is 18.8 Å².